The summed E-state index contributed by atoms with van der Waals surface area (Å²) in [6.07, 6.45) is 0.393. The van der Waals surface area contributed by atoms with E-state index in [4.69, 9.17) is 9.84 Å². The average molecular weight is 357 g/mol. The van der Waals surface area contributed by atoms with Gasteiger partial charge in [-0.05, 0) is 44.9 Å². The van der Waals surface area contributed by atoms with Crippen molar-refractivity contribution in [3.8, 4) is 5.75 Å². The summed E-state index contributed by atoms with van der Waals surface area (Å²) in [5.41, 5.74) is 0.831. The zero-order valence-electron chi connectivity index (χ0n) is 14.3. The molecule has 0 saturated carbocycles. The minimum atomic E-state index is -3.52. The van der Waals surface area contributed by atoms with E-state index in [2.05, 4.69) is 5.32 Å². The van der Waals surface area contributed by atoms with E-state index in [0.717, 1.165) is 5.56 Å². The topological polar surface area (TPSA) is 110 Å². The van der Waals surface area contributed by atoms with Gasteiger partial charge < -0.3 is 15.2 Å². The molecule has 0 saturated heterocycles. The number of hydrogen-bond acceptors (Lipinski definition) is 5. The molecule has 8 heteroatoms. The zero-order chi connectivity index (χ0) is 18.5. The van der Waals surface area contributed by atoms with Crippen molar-refractivity contribution in [2.24, 2.45) is 0 Å². The molecule has 0 spiro atoms. The van der Waals surface area contributed by atoms with E-state index >= 15 is 0 Å². The monoisotopic (exact) mass is 357 g/mol. The van der Waals surface area contributed by atoms with Crippen LogP contribution in [0.25, 0.3) is 0 Å². The third-order valence-corrected chi connectivity index (χ3v) is 6.01. The maximum Gasteiger partial charge on any atom is 0.335 e. The molecule has 24 heavy (non-hydrogen) atoms. The quantitative estimate of drug-likeness (QED) is 0.760. The van der Waals surface area contributed by atoms with Gasteiger partial charge in [-0.2, -0.15) is 0 Å². The number of rotatable bonds is 7. The Bertz CT molecular complexity index is 719. The number of methoxy groups -OCH3 is 1. The first-order chi connectivity index (χ1) is 11.0. The second-order valence-corrected chi connectivity index (χ2v) is 9.05. The number of aromatic carboxylic acids is 1. The lowest BCUT2D eigenvalue weighted by atomic mass is 10.1. The molecule has 134 valence electrons. The van der Waals surface area contributed by atoms with Gasteiger partial charge in [-0.1, -0.05) is 6.07 Å². The summed E-state index contributed by atoms with van der Waals surface area (Å²) in [5, 5.41) is 11.5. The summed E-state index contributed by atoms with van der Waals surface area (Å²) < 4.78 is 28.1. The summed E-state index contributed by atoms with van der Waals surface area (Å²) >= 11 is 0. The Hall–Kier alpha value is -2.09. The van der Waals surface area contributed by atoms with Crippen LogP contribution < -0.4 is 10.1 Å². The SMILES string of the molecule is COc1cc(C(=O)O)ccc1CCNC(=O)CS(=O)(=O)C(C)(C)C. The molecule has 0 heterocycles. The molecule has 0 radical (unpaired) electrons. The first-order valence-electron chi connectivity index (χ1n) is 7.37. The normalized spacial score (nSPS) is 11.8. The second-order valence-electron chi connectivity index (χ2n) is 6.30. The summed E-state index contributed by atoms with van der Waals surface area (Å²) in [5.74, 6) is -1.77. The van der Waals surface area contributed by atoms with E-state index in [-0.39, 0.29) is 12.1 Å². The molecule has 0 unspecified atom stereocenters. The molecule has 0 aliphatic heterocycles. The lowest BCUT2D eigenvalue weighted by Gasteiger charge is -2.18. The van der Waals surface area contributed by atoms with Gasteiger partial charge in [0, 0.05) is 6.54 Å². The first-order valence-corrected chi connectivity index (χ1v) is 9.02. The number of sulfone groups is 1. The highest BCUT2D eigenvalue weighted by Crippen LogP contribution is 2.20. The molecule has 0 aliphatic carbocycles. The number of carboxylic acids is 1. The van der Waals surface area contributed by atoms with Gasteiger partial charge in [0.2, 0.25) is 5.91 Å². The van der Waals surface area contributed by atoms with Gasteiger partial charge in [0.25, 0.3) is 0 Å². The molecule has 1 aromatic rings. The van der Waals surface area contributed by atoms with Crippen LogP contribution >= 0.6 is 0 Å². The number of carbonyl (C=O) groups is 2. The van der Waals surface area contributed by atoms with Crippen molar-refractivity contribution in [3.63, 3.8) is 0 Å². The van der Waals surface area contributed by atoms with E-state index in [1.54, 1.807) is 26.8 Å². The zero-order valence-corrected chi connectivity index (χ0v) is 15.1. The van der Waals surface area contributed by atoms with Crippen LogP contribution in [0.5, 0.6) is 5.75 Å². The van der Waals surface area contributed by atoms with E-state index in [1.165, 1.54) is 19.2 Å². The fourth-order valence-electron chi connectivity index (χ4n) is 1.86. The third-order valence-electron chi connectivity index (χ3n) is 3.50. The Morgan fingerprint density at radius 3 is 2.38 bits per heavy atom. The maximum absolute atomic E-state index is 12.0. The van der Waals surface area contributed by atoms with Gasteiger partial charge in [-0.3, -0.25) is 4.79 Å². The number of benzene rings is 1. The molecule has 1 rings (SSSR count). The second kappa shape index (κ2) is 7.65. The Kier molecular flexibility index (Phi) is 6.36. The van der Waals surface area contributed by atoms with Crippen LogP contribution in [0, 0.1) is 0 Å². The van der Waals surface area contributed by atoms with Crippen molar-refractivity contribution in [1.29, 1.82) is 0 Å². The molecule has 0 aliphatic rings. The highest BCUT2D eigenvalue weighted by Gasteiger charge is 2.31. The Balaban J connectivity index is 2.65. The maximum atomic E-state index is 12.0. The number of hydrogen-bond donors (Lipinski definition) is 2. The van der Waals surface area contributed by atoms with Crippen molar-refractivity contribution in [2.75, 3.05) is 19.4 Å². The number of nitrogens with one attached hydrogen (secondary N) is 1. The molecule has 0 bridgehead atoms. The van der Waals surface area contributed by atoms with Crippen molar-refractivity contribution < 1.29 is 27.9 Å². The third kappa shape index (κ3) is 5.23. The molecule has 0 atom stereocenters. The predicted octanol–water partition coefficient (Wildman–Crippen LogP) is 1.27. The molecule has 0 fully saturated rings. The number of carboxylic acid groups (broad SMARTS) is 1. The fraction of sp³-hybridized carbons (Fsp3) is 0.500. The molecule has 0 aromatic heterocycles. The van der Waals surface area contributed by atoms with E-state index in [1.807, 2.05) is 0 Å². The molecule has 1 amide bonds. The Labute approximate surface area is 141 Å². The molecule has 1 aromatic carbocycles. The first kappa shape index (κ1) is 20.0. The van der Waals surface area contributed by atoms with Crippen LogP contribution in [-0.4, -0.2) is 49.6 Å². The van der Waals surface area contributed by atoms with Gasteiger partial charge in [0.05, 0.1) is 17.4 Å². The van der Waals surface area contributed by atoms with Crippen molar-refractivity contribution in [1.82, 2.24) is 5.32 Å². The van der Waals surface area contributed by atoms with E-state index in [9.17, 15) is 18.0 Å². The summed E-state index contributed by atoms with van der Waals surface area (Å²) in [7, 11) is -2.09. The lowest BCUT2D eigenvalue weighted by molar-refractivity contribution is -0.118. The predicted molar refractivity (Wildman–Crippen MR) is 90.2 cm³/mol. The molecular weight excluding hydrogens is 334 g/mol. The smallest absolute Gasteiger partial charge is 0.335 e. The van der Waals surface area contributed by atoms with Gasteiger partial charge >= 0.3 is 5.97 Å². The average Bonchev–Trinajstić information content (AvgIpc) is 2.45. The van der Waals surface area contributed by atoms with Crippen LogP contribution in [0.15, 0.2) is 18.2 Å². The standard InChI is InChI=1S/C16H23NO6S/c1-16(2,3)24(21,22)10-14(18)17-8-7-11-5-6-12(15(19)20)9-13(11)23-4/h5-6,9H,7-8,10H2,1-4H3,(H,17,18)(H,19,20). The number of ether oxygens (including phenoxy) is 1. The van der Waals surface area contributed by atoms with Crippen molar-refractivity contribution in [2.45, 2.75) is 31.9 Å². The van der Waals surface area contributed by atoms with Crippen LogP contribution in [0.2, 0.25) is 0 Å². The van der Waals surface area contributed by atoms with Crippen LogP contribution in [0.4, 0.5) is 0 Å². The van der Waals surface area contributed by atoms with Gasteiger partial charge in [-0.25, -0.2) is 13.2 Å². The summed E-state index contributed by atoms with van der Waals surface area (Å²) in [6.45, 7) is 4.86. The largest absolute Gasteiger partial charge is 0.496 e. The van der Waals surface area contributed by atoms with E-state index in [0.29, 0.717) is 12.2 Å². The van der Waals surface area contributed by atoms with Crippen molar-refractivity contribution in [3.05, 3.63) is 29.3 Å². The Morgan fingerprint density at radius 2 is 1.88 bits per heavy atom. The van der Waals surface area contributed by atoms with Gasteiger partial charge in [-0.15, -0.1) is 0 Å². The number of carbonyl (C=O) groups excluding carboxylic acids is 1. The van der Waals surface area contributed by atoms with Crippen molar-refractivity contribution >= 4 is 21.7 Å². The highest BCUT2D eigenvalue weighted by atomic mass is 32.2. The minimum Gasteiger partial charge on any atom is -0.496 e. The molecule has 7 nitrogen and oxygen atoms in total. The Morgan fingerprint density at radius 1 is 1.25 bits per heavy atom. The van der Waals surface area contributed by atoms with Gasteiger partial charge in [0.1, 0.15) is 11.5 Å². The number of amides is 1. The molecule has 2 N–H and O–H groups in total. The van der Waals surface area contributed by atoms with Gasteiger partial charge in [0.15, 0.2) is 9.84 Å². The molecular formula is C16H23NO6S. The van der Waals surface area contributed by atoms with Crippen LogP contribution in [0.3, 0.4) is 0 Å². The van der Waals surface area contributed by atoms with E-state index < -0.39 is 32.2 Å². The highest BCUT2D eigenvalue weighted by molar-refractivity contribution is 7.93. The fourth-order valence-corrected chi connectivity index (χ4v) is 2.74. The van der Waals surface area contributed by atoms with Crippen LogP contribution in [-0.2, 0) is 21.1 Å². The van der Waals surface area contributed by atoms with Crippen LogP contribution in [0.1, 0.15) is 36.7 Å². The summed E-state index contributed by atoms with van der Waals surface area (Å²) in [6, 6.07) is 4.47. The lowest BCUT2D eigenvalue weighted by Crippen LogP contribution is -2.38. The minimum absolute atomic E-state index is 0.107. The summed E-state index contributed by atoms with van der Waals surface area (Å²) in [4.78, 5) is 22.7.